The van der Waals surface area contributed by atoms with Crippen molar-refractivity contribution in [2.75, 3.05) is 43.4 Å². The number of anilines is 2. The maximum atomic E-state index is 4.37. The van der Waals surface area contributed by atoms with E-state index in [1.807, 2.05) is 0 Å². The highest BCUT2D eigenvalue weighted by Crippen LogP contribution is 2.24. The van der Waals surface area contributed by atoms with Gasteiger partial charge in [-0.15, -0.1) is 0 Å². The van der Waals surface area contributed by atoms with Crippen LogP contribution in [0.1, 0.15) is 12.8 Å². The average Bonchev–Trinajstić information content (AvgIpc) is 3.14. The van der Waals surface area contributed by atoms with Crippen molar-refractivity contribution in [2.45, 2.75) is 18.9 Å². The standard InChI is InChI=1S/C12H19N5/c1-16-4-6-17(7-5-16)12-8-11(13-9-14-12)15-10-2-3-10/h8-10H,2-7H2,1H3,(H,13,14,15). The van der Waals surface area contributed by atoms with E-state index in [2.05, 4.69) is 38.2 Å². The van der Waals surface area contributed by atoms with Crippen LogP contribution in [0.3, 0.4) is 0 Å². The molecule has 17 heavy (non-hydrogen) atoms. The molecule has 1 saturated heterocycles. The molecule has 2 aliphatic rings. The Labute approximate surface area is 102 Å². The summed E-state index contributed by atoms with van der Waals surface area (Å²) in [5.41, 5.74) is 0. The number of nitrogens with one attached hydrogen (secondary N) is 1. The molecule has 1 aromatic rings. The lowest BCUT2D eigenvalue weighted by atomic mass is 10.3. The van der Waals surface area contributed by atoms with Crippen LogP contribution in [-0.4, -0.2) is 54.1 Å². The zero-order valence-corrected chi connectivity index (χ0v) is 10.3. The minimum absolute atomic E-state index is 0.644. The third kappa shape index (κ3) is 2.66. The third-order valence-corrected chi connectivity index (χ3v) is 3.41. The predicted octanol–water partition coefficient (Wildman–Crippen LogP) is 0.803. The SMILES string of the molecule is CN1CCN(c2cc(NC3CC3)ncn2)CC1. The van der Waals surface area contributed by atoms with E-state index in [0.717, 1.165) is 37.8 Å². The molecule has 92 valence electrons. The van der Waals surface area contributed by atoms with E-state index in [9.17, 15) is 0 Å². The second kappa shape index (κ2) is 4.49. The molecular weight excluding hydrogens is 214 g/mol. The summed E-state index contributed by atoms with van der Waals surface area (Å²) in [6.07, 6.45) is 4.21. The first-order valence-corrected chi connectivity index (χ1v) is 6.33. The van der Waals surface area contributed by atoms with Gasteiger partial charge in [0.05, 0.1) is 0 Å². The van der Waals surface area contributed by atoms with E-state index in [1.165, 1.54) is 12.8 Å². The Morgan fingerprint density at radius 2 is 1.94 bits per heavy atom. The van der Waals surface area contributed by atoms with E-state index in [1.54, 1.807) is 6.33 Å². The number of hydrogen-bond acceptors (Lipinski definition) is 5. The fraction of sp³-hybridized carbons (Fsp3) is 0.667. The highest BCUT2D eigenvalue weighted by atomic mass is 15.3. The van der Waals surface area contributed by atoms with Gasteiger partial charge in [0, 0.05) is 38.3 Å². The van der Waals surface area contributed by atoms with Crippen LogP contribution in [0.2, 0.25) is 0 Å². The molecule has 1 saturated carbocycles. The first-order chi connectivity index (χ1) is 8.31. The highest BCUT2D eigenvalue weighted by molar-refractivity contribution is 5.49. The lowest BCUT2D eigenvalue weighted by Gasteiger charge is -2.33. The molecule has 0 radical (unpaired) electrons. The lowest BCUT2D eigenvalue weighted by Crippen LogP contribution is -2.44. The molecule has 3 rings (SSSR count). The Morgan fingerprint density at radius 3 is 2.65 bits per heavy atom. The summed E-state index contributed by atoms with van der Waals surface area (Å²) in [6, 6.07) is 2.72. The smallest absolute Gasteiger partial charge is 0.134 e. The molecule has 2 fully saturated rings. The minimum Gasteiger partial charge on any atom is -0.367 e. The lowest BCUT2D eigenvalue weighted by molar-refractivity contribution is 0.312. The largest absolute Gasteiger partial charge is 0.367 e. The van der Waals surface area contributed by atoms with Gasteiger partial charge in [0.2, 0.25) is 0 Å². The Kier molecular flexibility index (Phi) is 2.84. The van der Waals surface area contributed by atoms with Gasteiger partial charge in [-0.05, 0) is 19.9 Å². The number of aromatic nitrogens is 2. The topological polar surface area (TPSA) is 44.3 Å². The number of likely N-dealkylation sites (N-methyl/N-ethyl adjacent to an activating group) is 1. The van der Waals surface area contributed by atoms with Gasteiger partial charge in [-0.25, -0.2) is 9.97 Å². The van der Waals surface area contributed by atoms with Crippen molar-refractivity contribution < 1.29 is 0 Å². The molecule has 0 amide bonds. The zero-order chi connectivity index (χ0) is 11.7. The Bertz CT molecular complexity index is 382. The van der Waals surface area contributed by atoms with Crippen LogP contribution in [0.25, 0.3) is 0 Å². The summed E-state index contributed by atoms with van der Waals surface area (Å²) in [6.45, 7) is 4.32. The van der Waals surface area contributed by atoms with Gasteiger partial charge in [-0.1, -0.05) is 0 Å². The molecule has 0 bridgehead atoms. The van der Waals surface area contributed by atoms with E-state index in [0.29, 0.717) is 6.04 Å². The highest BCUT2D eigenvalue weighted by Gasteiger charge is 2.22. The molecule has 1 aliphatic carbocycles. The molecule has 1 N–H and O–H groups in total. The number of rotatable bonds is 3. The molecule has 5 nitrogen and oxygen atoms in total. The molecule has 1 aromatic heterocycles. The minimum atomic E-state index is 0.644. The van der Waals surface area contributed by atoms with E-state index < -0.39 is 0 Å². The van der Waals surface area contributed by atoms with E-state index in [4.69, 9.17) is 0 Å². The monoisotopic (exact) mass is 233 g/mol. The molecule has 0 unspecified atom stereocenters. The van der Waals surface area contributed by atoms with Crippen LogP contribution < -0.4 is 10.2 Å². The van der Waals surface area contributed by atoms with Crippen LogP contribution in [0.15, 0.2) is 12.4 Å². The molecule has 0 atom stereocenters. The molecule has 5 heteroatoms. The van der Waals surface area contributed by atoms with Crippen molar-refractivity contribution in [3.8, 4) is 0 Å². The summed E-state index contributed by atoms with van der Waals surface area (Å²) < 4.78 is 0. The number of nitrogens with zero attached hydrogens (tertiary/aromatic N) is 4. The van der Waals surface area contributed by atoms with Crippen molar-refractivity contribution in [1.82, 2.24) is 14.9 Å². The summed E-state index contributed by atoms with van der Waals surface area (Å²) in [5.74, 6) is 2.02. The Morgan fingerprint density at radius 1 is 1.18 bits per heavy atom. The first-order valence-electron chi connectivity index (χ1n) is 6.33. The van der Waals surface area contributed by atoms with Crippen molar-refractivity contribution in [1.29, 1.82) is 0 Å². The van der Waals surface area contributed by atoms with Crippen molar-refractivity contribution in [3.63, 3.8) is 0 Å². The first kappa shape index (κ1) is 10.8. The summed E-state index contributed by atoms with van der Waals surface area (Å²) in [4.78, 5) is 13.3. The molecule has 0 aromatic carbocycles. The van der Waals surface area contributed by atoms with E-state index >= 15 is 0 Å². The van der Waals surface area contributed by atoms with Gasteiger partial charge >= 0.3 is 0 Å². The summed E-state index contributed by atoms with van der Waals surface area (Å²) in [5, 5.41) is 3.42. The second-order valence-corrected chi connectivity index (χ2v) is 4.97. The fourth-order valence-electron chi connectivity index (χ4n) is 2.07. The molecule has 0 spiro atoms. The van der Waals surface area contributed by atoms with Gasteiger partial charge in [-0.3, -0.25) is 0 Å². The van der Waals surface area contributed by atoms with Crippen molar-refractivity contribution in [3.05, 3.63) is 12.4 Å². The van der Waals surface area contributed by atoms with Crippen molar-refractivity contribution in [2.24, 2.45) is 0 Å². The summed E-state index contributed by atoms with van der Waals surface area (Å²) in [7, 11) is 2.16. The number of piperazine rings is 1. The van der Waals surface area contributed by atoms with Crippen LogP contribution in [-0.2, 0) is 0 Å². The second-order valence-electron chi connectivity index (χ2n) is 4.97. The summed E-state index contributed by atoms with van der Waals surface area (Å²) >= 11 is 0. The average molecular weight is 233 g/mol. The quantitative estimate of drug-likeness (QED) is 0.836. The van der Waals surface area contributed by atoms with Crippen LogP contribution in [0, 0.1) is 0 Å². The Hall–Kier alpha value is -1.36. The zero-order valence-electron chi connectivity index (χ0n) is 10.3. The molecule has 2 heterocycles. The molecule has 1 aliphatic heterocycles. The molecular formula is C12H19N5. The van der Waals surface area contributed by atoms with Gasteiger partial charge in [-0.2, -0.15) is 0 Å². The normalized spacial score (nSPS) is 21.6. The third-order valence-electron chi connectivity index (χ3n) is 3.41. The van der Waals surface area contributed by atoms with Crippen LogP contribution >= 0.6 is 0 Å². The van der Waals surface area contributed by atoms with Crippen LogP contribution in [0.4, 0.5) is 11.6 Å². The predicted molar refractivity (Wildman–Crippen MR) is 68.4 cm³/mol. The Balaban J connectivity index is 1.68. The number of hydrogen-bond donors (Lipinski definition) is 1. The van der Waals surface area contributed by atoms with Crippen molar-refractivity contribution >= 4 is 11.6 Å². The van der Waals surface area contributed by atoms with Gasteiger partial charge in [0.25, 0.3) is 0 Å². The maximum absolute atomic E-state index is 4.37. The fourth-order valence-corrected chi connectivity index (χ4v) is 2.07. The van der Waals surface area contributed by atoms with Gasteiger partial charge in [0.1, 0.15) is 18.0 Å². The van der Waals surface area contributed by atoms with Gasteiger partial charge < -0.3 is 15.1 Å². The van der Waals surface area contributed by atoms with Gasteiger partial charge in [0.15, 0.2) is 0 Å². The van der Waals surface area contributed by atoms with Crippen LogP contribution in [0.5, 0.6) is 0 Å². The van der Waals surface area contributed by atoms with E-state index in [-0.39, 0.29) is 0 Å². The maximum Gasteiger partial charge on any atom is 0.134 e.